The lowest BCUT2D eigenvalue weighted by Crippen LogP contribution is -2.49. The van der Waals surface area contributed by atoms with Gasteiger partial charge in [-0.05, 0) is 18.2 Å². The van der Waals surface area contributed by atoms with E-state index in [0.29, 0.717) is 26.2 Å². The Hall–Kier alpha value is -4.06. The number of aromatic hydroxyl groups is 1. The number of para-hydroxylation sites is 1. The highest BCUT2D eigenvalue weighted by Gasteiger charge is 2.25. The van der Waals surface area contributed by atoms with Crippen LogP contribution >= 0.6 is 0 Å². The molecule has 1 amide bonds. The number of carbonyl (C=O) groups is 1. The molecule has 0 radical (unpaired) electrons. The number of ether oxygens (including phenoxy) is 1. The lowest BCUT2D eigenvalue weighted by molar-refractivity contribution is -0.385. The zero-order valence-corrected chi connectivity index (χ0v) is 16.3. The van der Waals surface area contributed by atoms with Crippen molar-refractivity contribution in [2.45, 2.75) is 0 Å². The number of nitro groups is 1. The first kappa shape index (κ1) is 20.7. The van der Waals surface area contributed by atoms with E-state index in [4.69, 9.17) is 4.74 Å². The van der Waals surface area contributed by atoms with Gasteiger partial charge < -0.3 is 19.6 Å². The molecule has 0 aromatic heterocycles. The molecule has 0 bridgehead atoms. The fourth-order valence-electron chi connectivity index (χ4n) is 3.26. The van der Waals surface area contributed by atoms with Crippen LogP contribution in [0, 0.1) is 21.4 Å². The summed E-state index contributed by atoms with van der Waals surface area (Å²) in [5.74, 6) is -0.982. The third-order valence-corrected chi connectivity index (χ3v) is 4.86. The standard InChI is InChI=1S/C21H20N4O5/c1-30-19-13-18(25(28)29)12-15(20(19)26)11-16(14-22)21(27)24-9-7-23(8-10-24)17-5-3-2-4-6-17/h2-6,11-13,26H,7-10H2,1H3/b16-11-. The molecule has 2 aromatic rings. The van der Waals surface area contributed by atoms with Crippen LogP contribution in [0.1, 0.15) is 5.56 Å². The van der Waals surface area contributed by atoms with E-state index in [9.17, 15) is 25.3 Å². The molecule has 1 N–H and O–H groups in total. The average molecular weight is 408 g/mol. The van der Waals surface area contributed by atoms with E-state index in [2.05, 4.69) is 4.90 Å². The van der Waals surface area contributed by atoms with Crippen molar-refractivity contribution in [1.29, 1.82) is 5.26 Å². The molecule has 0 unspecified atom stereocenters. The van der Waals surface area contributed by atoms with E-state index >= 15 is 0 Å². The number of phenolic OH excluding ortho intramolecular Hbond substituents is 1. The molecule has 0 atom stereocenters. The Morgan fingerprint density at radius 2 is 1.90 bits per heavy atom. The summed E-state index contributed by atoms with van der Waals surface area (Å²) in [7, 11) is 1.26. The van der Waals surface area contributed by atoms with Gasteiger partial charge in [-0.15, -0.1) is 0 Å². The zero-order valence-electron chi connectivity index (χ0n) is 16.3. The highest BCUT2D eigenvalue weighted by molar-refractivity contribution is 6.02. The van der Waals surface area contributed by atoms with Crippen molar-refractivity contribution in [2.24, 2.45) is 0 Å². The molecule has 9 heteroatoms. The molecule has 9 nitrogen and oxygen atoms in total. The molecule has 2 aromatic carbocycles. The molecular weight excluding hydrogens is 388 g/mol. The number of nitriles is 1. The van der Waals surface area contributed by atoms with Crippen molar-refractivity contribution in [3.8, 4) is 17.6 Å². The summed E-state index contributed by atoms with van der Waals surface area (Å²) < 4.78 is 4.95. The molecule has 1 aliphatic heterocycles. The smallest absolute Gasteiger partial charge is 0.274 e. The Morgan fingerprint density at radius 1 is 1.23 bits per heavy atom. The Bertz CT molecular complexity index is 1020. The van der Waals surface area contributed by atoms with Gasteiger partial charge >= 0.3 is 0 Å². The number of methoxy groups -OCH3 is 1. The predicted molar refractivity (Wildman–Crippen MR) is 110 cm³/mol. The van der Waals surface area contributed by atoms with Crippen molar-refractivity contribution >= 4 is 23.4 Å². The summed E-state index contributed by atoms with van der Waals surface area (Å²) >= 11 is 0. The van der Waals surface area contributed by atoms with Crippen molar-refractivity contribution in [3.63, 3.8) is 0 Å². The molecule has 3 rings (SSSR count). The van der Waals surface area contributed by atoms with Crippen molar-refractivity contribution < 1.29 is 19.6 Å². The van der Waals surface area contributed by atoms with Crippen LogP contribution in [0.25, 0.3) is 6.08 Å². The summed E-state index contributed by atoms with van der Waals surface area (Å²) in [5, 5.41) is 30.9. The van der Waals surface area contributed by atoms with Crippen LogP contribution in [0.5, 0.6) is 11.5 Å². The summed E-state index contributed by atoms with van der Waals surface area (Å²) in [4.78, 5) is 27.0. The predicted octanol–water partition coefficient (Wildman–Crippen LogP) is 2.56. The van der Waals surface area contributed by atoms with Crippen molar-refractivity contribution in [2.75, 3.05) is 38.2 Å². The molecule has 1 fully saturated rings. The Morgan fingerprint density at radius 3 is 2.47 bits per heavy atom. The minimum absolute atomic E-state index is 0.0335. The second kappa shape index (κ2) is 8.96. The van der Waals surface area contributed by atoms with Gasteiger partial charge in [0.2, 0.25) is 0 Å². The number of hydrogen-bond acceptors (Lipinski definition) is 7. The van der Waals surface area contributed by atoms with Crippen LogP contribution in [-0.4, -0.2) is 54.1 Å². The number of amides is 1. The fourth-order valence-corrected chi connectivity index (χ4v) is 3.26. The third-order valence-electron chi connectivity index (χ3n) is 4.86. The van der Waals surface area contributed by atoms with Crippen molar-refractivity contribution in [1.82, 2.24) is 4.90 Å². The topological polar surface area (TPSA) is 120 Å². The molecule has 30 heavy (non-hydrogen) atoms. The van der Waals surface area contributed by atoms with Crippen LogP contribution in [0.3, 0.4) is 0 Å². The van der Waals surface area contributed by atoms with Gasteiger partial charge in [0.1, 0.15) is 11.6 Å². The number of piperazine rings is 1. The van der Waals surface area contributed by atoms with Crippen LogP contribution in [0.15, 0.2) is 48.0 Å². The number of nitro benzene ring substituents is 1. The number of non-ortho nitro benzene ring substituents is 1. The Balaban J connectivity index is 1.80. The molecular formula is C21H20N4O5. The minimum atomic E-state index is -0.643. The van der Waals surface area contributed by atoms with E-state index in [1.807, 2.05) is 36.4 Å². The molecule has 1 aliphatic rings. The fraction of sp³-hybridized carbons (Fsp3) is 0.238. The van der Waals surface area contributed by atoms with Crippen LogP contribution in [-0.2, 0) is 4.79 Å². The number of anilines is 1. The average Bonchev–Trinajstić information content (AvgIpc) is 2.78. The molecule has 0 saturated carbocycles. The van der Waals surface area contributed by atoms with Gasteiger partial charge in [-0.1, -0.05) is 18.2 Å². The lowest BCUT2D eigenvalue weighted by Gasteiger charge is -2.36. The number of phenols is 1. The van der Waals surface area contributed by atoms with E-state index in [1.54, 1.807) is 4.90 Å². The first-order chi connectivity index (χ1) is 14.4. The van der Waals surface area contributed by atoms with Gasteiger partial charge in [-0.2, -0.15) is 5.26 Å². The van der Waals surface area contributed by atoms with Gasteiger partial charge in [0, 0.05) is 43.5 Å². The molecule has 0 spiro atoms. The quantitative estimate of drug-likeness (QED) is 0.349. The highest BCUT2D eigenvalue weighted by atomic mass is 16.6. The van der Waals surface area contributed by atoms with Crippen molar-refractivity contribution in [3.05, 3.63) is 63.7 Å². The molecule has 0 aliphatic carbocycles. The van der Waals surface area contributed by atoms with Gasteiger partial charge in [0.15, 0.2) is 11.5 Å². The summed E-state index contributed by atoms with van der Waals surface area (Å²) in [6.45, 7) is 2.09. The number of carbonyl (C=O) groups excluding carboxylic acids is 1. The second-order valence-corrected chi connectivity index (χ2v) is 6.63. The molecule has 154 valence electrons. The maximum atomic E-state index is 12.8. The van der Waals surface area contributed by atoms with Gasteiger partial charge in [0.05, 0.1) is 18.1 Å². The van der Waals surface area contributed by atoms with Gasteiger partial charge in [-0.25, -0.2) is 0 Å². The second-order valence-electron chi connectivity index (χ2n) is 6.63. The number of rotatable bonds is 5. The monoisotopic (exact) mass is 408 g/mol. The molecule has 1 heterocycles. The maximum Gasteiger partial charge on any atom is 0.274 e. The highest BCUT2D eigenvalue weighted by Crippen LogP contribution is 2.35. The SMILES string of the molecule is COc1cc([N+](=O)[O-])cc(/C=C(/C#N)C(=O)N2CCN(c3ccccc3)CC2)c1O. The zero-order chi connectivity index (χ0) is 21.7. The lowest BCUT2D eigenvalue weighted by atomic mass is 10.1. The first-order valence-electron chi connectivity index (χ1n) is 9.21. The van der Waals surface area contributed by atoms with E-state index in [-0.39, 0.29) is 28.3 Å². The summed E-state index contributed by atoms with van der Waals surface area (Å²) in [6, 6.07) is 13.8. The van der Waals surface area contributed by atoms with Gasteiger partial charge in [-0.3, -0.25) is 14.9 Å². The summed E-state index contributed by atoms with van der Waals surface area (Å²) in [5.41, 5.74) is 0.487. The Kier molecular flexibility index (Phi) is 6.17. The Labute approximate surface area is 173 Å². The van der Waals surface area contributed by atoms with Crippen LogP contribution in [0.2, 0.25) is 0 Å². The minimum Gasteiger partial charge on any atom is -0.504 e. The van der Waals surface area contributed by atoms with E-state index in [1.165, 1.54) is 7.11 Å². The maximum absolute atomic E-state index is 12.8. The normalized spacial score (nSPS) is 14.2. The van der Waals surface area contributed by atoms with E-state index < -0.39 is 10.8 Å². The van der Waals surface area contributed by atoms with Crippen LogP contribution < -0.4 is 9.64 Å². The largest absolute Gasteiger partial charge is 0.504 e. The number of nitrogens with zero attached hydrogens (tertiary/aromatic N) is 4. The number of benzene rings is 2. The number of hydrogen-bond donors (Lipinski definition) is 1. The third kappa shape index (κ3) is 4.33. The van der Waals surface area contributed by atoms with E-state index in [0.717, 1.165) is 23.9 Å². The molecule has 1 saturated heterocycles. The first-order valence-corrected chi connectivity index (χ1v) is 9.21. The summed E-state index contributed by atoms with van der Waals surface area (Å²) in [6.07, 6.45) is 1.15. The van der Waals surface area contributed by atoms with Crippen LogP contribution in [0.4, 0.5) is 11.4 Å². The van der Waals surface area contributed by atoms with Gasteiger partial charge in [0.25, 0.3) is 11.6 Å².